The van der Waals surface area contributed by atoms with Crippen LogP contribution in [0.25, 0.3) is 0 Å². The smallest absolute Gasteiger partial charge is 0.292 e. The van der Waals surface area contributed by atoms with Crippen LogP contribution in [0.5, 0.6) is 5.75 Å². The molecule has 7 nitrogen and oxygen atoms in total. The van der Waals surface area contributed by atoms with Crippen LogP contribution in [0, 0.1) is 10.1 Å². The van der Waals surface area contributed by atoms with Gasteiger partial charge >= 0.3 is 0 Å². The average molecular weight is 343 g/mol. The van der Waals surface area contributed by atoms with Gasteiger partial charge < -0.3 is 15.4 Å². The first-order valence-corrected chi connectivity index (χ1v) is 7.99. The molecule has 2 N–H and O–H groups in total. The molecule has 2 rings (SSSR count). The topological polar surface area (TPSA) is 93.5 Å². The first-order chi connectivity index (χ1) is 12.0. The van der Waals surface area contributed by atoms with Crippen LogP contribution in [0.15, 0.2) is 48.5 Å². The third-order valence-electron chi connectivity index (χ3n) is 3.32. The summed E-state index contributed by atoms with van der Waals surface area (Å²) in [6.07, 6.45) is 0.0767. The van der Waals surface area contributed by atoms with E-state index in [0.717, 1.165) is 0 Å². The fourth-order valence-corrected chi connectivity index (χ4v) is 2.21. The number of nitrogens with zero attached hydrogens (tertiary/aromatic N) is 1. The van der Waals surface area contributed by atoms with Crippen molar-refractivity contribution in [3.05, 3.63) is 64.2 Å². The van der Waals surface area contributed by atoms with Gasteiger partial charge in [-0.25, -0.2) is 0 Å². The molecule has 0 radical (unpaired) electrons. The van der Waals surface area contributed by atoms with Gasteiger partial charge in [-0.1, -0.05) is 12.1 Å². The van der Waals surface area contributed by atoms with Gasteiger partial charge in [0.15, 0.2) is 0 Å². The number of nitro groups is 1. The molecule has 7 heteroatoms. The Morgan fingerprint density at radius 1 is 1.12 bits per heavy atom. The summed E-state index contributed by atoms with van der Waals surface area (Å²) >= 11 is 0. The average Bonchev–Trinajstić information content (AvgIpc) is 2.59. The van der Waals surface area contributed by atoms with E-state index < -0.39 is 4.92 Å². The van der Waals surface area contributed by atoms with Crippen molar-refractivity contribution in [3.8, 4) is 5.75 Å². The number of hydrogen-bond donors (Lipinski definition) is 2. The summed E-state index contributed by atoms with van der Waals surface area (Å²) in [5.74, 6) is 0.505. The first-order valence-electron chi connectivity index (χ1n) is 7.99. The third-order valence-corrected chi connectivity index (χ3v) is 3.32. The number of para-hydroxylation sites is 2. The van der Waals surface area contributed by atoms with Gasteiger partial charge in [0.05, 0.1) is 11.0 Å². The van der Waals surface area contributed by atoms with E-state index in [4.69, 9.17) is 4.74 Å². The lowest BCUT2D eigenvalue weighted by molar-refractivity contribution is -0.384. The molecule has 0 heterocycles. The van der Waals surface area contributed by atoms with E-state index in [9.17, 15) is 14.9 Å². The van der Waals surface area contributed by atoms with Crippen LogP contribution >= 0.6 is 0 Å². The maximum absolute atomic E-state index is 12.1. The van der Waals surface area contributed by atoms with Crippen molar-refractivity contribution in [2.75, 3.05) is 18.4 Å². The summed E-state index contributed by atoms with van der Waals surface area (Å²) < 4.78 is 5.53. The highest BCUT2D eigenvalue weighted by atomic mass is 16.6. The molecule has 1 amide bonds. The fraction of sp³-hybridized carbons (Fsp3) is 0.278. The Bertz CT molecular complexity index is 729. The molecular weight excluding hydrogens is 322 g/mol. The SMILES string of the molecule is CC(C)Oc1ccc(C(=O)NCCNc2ccccc2[N+](=O)[O-])cc1. The number of nitro benzene ring substituents is 1. The van der Waals surface area contributed by atoms with Crippen molar-refractivity contribution in [3.63, 3.8) is 0 Å². The highest BCUT2D eigenvalue weighted by molar-refractivity contribution is 5.94. The third kappa shape index (κ3) is 5.49. The molecule has 2 aromatic carbocycles. The zero-order valence-corrected chi connectivity index (χ0v) is 14.2. The van der Waals surface area contributed by atoms with Crippen LogP contribution in [-0.2, 0) is 0 Å². The quantitative estimate of drug-likeness (QED) is 0.436. The van der Waals surface area contributed by atoms with E-state index in [2.05, 4.69) is 10.6 Å². The second kappa shape index (κ2) is 8.68. The summed E-state index contributed by atoms with van der Waals surface area (Å²) in [7, 11) is 0. The molecule has 0 aliphatic carbocycles. The molecule has 0 aliphatic heterocycles. The van der Waals surface area contributed by atoms with Crippen LogP contribution in [-0.4, -0.2) is 30.0 Å². The van der Waals surface area contributed by atoms with Crippen molar-refractivity contribution in [2.45, 2.75) is 20.0 Å². The highest BCUT2D eigenvalue weighted by Gasteiger charge is 2.11. The van der Waals surface area contributed by atoms with E-state index in [1.165, 1.54) is 6.07 Å². The minimum absolute atomic E-state index is 0.00886. The first kappa shape index (κ1) is 18.3. The molecule has 0 aliphatic rings. The molecule has 25 heavy (non-hydrogen) atoms. The molecule has 132 valence electrons. The summed E-state index contributed by atoms with van der Waals surface area (Å²) in [5, 5.41) is 16.6. The second-order valence-corrected chi connectivity index (χ2v) is 5.65. The highest BCUT2D eigenvalue weighted by Crippen LogP contribution is 2.22. The molecular formula is C18H21N3O4. The van der Waals surface area contributed by atoms with Gasteiger partial charge in [0.25, 0.3) is 11.6 Å². The number of benzene rings is 2. The molecule has 0 spiro atoms. The van der Waals surface area contributed by atoms with Gasteiger partial charge in [0.2, 0.25) is 0 Å². The van der Waals surface area contributed by atoms with Crippen molar-refractivity contribution in [1.29, 1.82) is 0 Å². The van der Waals surface area contributed by atoms with Gasteiger partial charge in [0, 0.05) is 24.7 Å². The largest absolute Gasteiger partial charge is 0.491 e. The standard InChI is InChI=1S/C18H21N3O4/c1-13(2)25-15-9-7-14(8-10-15)18(22)20-12-11-19-16-5-3-4-6-17(16)21(23)24/h3-10,13,19H,11-12H2,1-2H3,(H,20,22). The van der Waals surface area contributed by atoms with E-state index in [0.29, 0.717) is 30.1 Å². The fourth-order valence-electron chi connectivity index (χ4n) is 2.21. The van der Waals surface area contributed by atoms with Crippen LogP contribution in [0.1, 0.15) is 24.2 Å². The molecule has 0 saturated heterocycles. The predicted molar refractivity (Wildman–Crippen MR) is 96.1 cm³/mol. The lowest BCUT2D eigenvalue weighted by Crippen LogP contribution is -2.28. The maximum Gasteiger partial charge on any atom is 0.292 e. The Labute approximate surface area is 146 Å². The zero-order valence-electron chi connectivity index (χ0n) is 14.2. The molecule has 0 unspecified atom stereocenters. The van der Waals surface area contributed by atoms with Gasteiger partial charge in [-0.2, -0.15) is 0 Å². The Balaban J connectivity index is 1.82. The van der Waals surface area contributed by atoms with E-state index in [-0.39, 0.29) is 17.7 Å². The number of rotatable bonds is 8. The lowest BCUT2D eigenvalue weighted by atomic mass is 10.2. The summed E-state index contributed by atoms with van der Waals surface area (Å²) in [6.45, 7) is 4.59. The number of amides is 1. The lowest BCUT2D eigenvalue weighted by Gasteiger charge is -2.11. The minimum atomic E-state index is -0.443. The van der Waals surface area contributed by atoms with Crippen molar-refractivity contribution in [2.24, 2.45) is 0 Å². The van der Waals surface area contributed by atoms with Crippen LogP contribution in [0.4, 0.5) is 11.4 Å². The van der Waals surface area contributed by atoms with Crippen molar-refractivity contribution >= 4 is 17.3 Å². The van der Waals surface area contributed by atoms with Gasteiger partial charge in [-0.05, 0) is 44.2 Å². The monoisotopic (exact) mass is 343 g/mol. The number of nitrogens with one attached hydrogen (secondary N) is 2. The Morgan fingerprint density at radius 2 is 1.80 bits per heavy atom. The van der Waals surface area contributed by atoms with Crippen LogP contribution in [0.3, 0.4) is 0 Å². The summed E-state index contributed by atoms with van der Waals surface area (Å²) in [6, 6.07) is 13.3. The van der Waals surface area contributed by atoms with E-state index in [1.54, 1.807) is 42.5 Å². The van der Waals surface area contributed by atoms with Gasteiger partial charge in [-0.3, -0.25) is 14.9 Å². The normalized spacial score (nSPS) is 10.4. The predicted octanol–water partition coefficient (Wildman–Crippen LogP) is 3.22. The summed E-state index contributed by atoms with van der Waals surface area (Å²) in [5.41, 5.74) is 0.966. The molecule has 0 atom stereocenters. The minimum Gasteiger partial charge on any atom is -0.491 e. The number of carbonyl (C=O) groups is 1. The number of anilines is 1. The van der Waals surface area contributed by atoms with Crippen LogP contribution in [0.2, 0.25) is 0 Å². The Morgan fingerprint density at radius 3 is 2.44 bits per heavy atom. The van der Waals surface area contributed by atoms with E-state index >= 15 is 0 Å². The number of carbonyl (C=O) groups excluding carboxylic acids is 1. The number of ether oxygens (including phenoxy) is 1. The van der Waals surface area contributed by atoms with Gasteiger partial charge in [-0.15, -0.1) is 0 Å². The summed E-state index contributed by atoms with van der Waals surface area (Å²) in [4.78, 5) is 22.6. The zero-order chi connectivity index (χ0) is 18.2. The van der Waals surface area contributed by atoms with Crippen molar-refractivity contribution in [1.82, 2.24) is 5.32 Å². The second-order valence-electron chi connectivity index (χ2n) is 5.65. The molecule has 0 bridgehead atoms. The molecule has 0 fully saturated rings. The van der Waals surface area contributed by atoms with Crippen LogP contribution < -0.4 is 15.4 Å². The van der Waals surface area contributed by atoms with E-state index in [1.807, 2.05) is 13.8 Å². The molecule has 0 saturated carbocycles. The Hall–Kier alpha value is -3.09. The van der Waals surface area contributed by atoms with Crippen molar-refractivity contribution < 1.29 is 14.5 Å². The molecule has 2 aromatic rings. The number of hydrogen-bond acceptors (Lipinski definition) is 5. The molecule has 0 aromatic heterocycles. The Kier molecular flexibility index (Phi) is 6.33. The maximum atomic E-state index is 12.1. The van der Waals surface area contributed by atoms with Gasteiger partial charge in [0.1, 0.15) is 11.4 Å².